The van der Waals surface area contributed by atoms with Gasteiger partial charge in [0, 0.05) is 23.4 Å². The molecule has 1 amide bonds. The van der Waals surface area contributed by atoms with Crippen molar-refractivity contribution in [3.05, 3.63) is 58.9 Å². The molecule has 3 N–H and O–H groups in total. The number of halogens is 3. The van der Waals surface area contributed by atoms with Crippen LogP contribution in [0.2, 0.25) is 0 Å². The molecule has 0 radical (unpaired) electrons. The molecule has 3 nitrogen and oxygen atoms in total. The van der Waals surface area contributed by atoms with Gasteiger partial charge in [-0.05, 0) is 24.6 Å². The maximum absolute atomic E-state index is 13.4. The van der Waals surface area contributed by atoms with Gasteiger partial charge in [0.05, 0.1) is 5.69 Å². The lowest BCUT2D eigenvalue weighted by Gasteiger charge is -2.10. The summed E-state index contributed by atoms with van der Waals surface area (Å²) in [5.74, 6) is -4.27. The average Bonchev–Trinajstić information content (AvgIpc) is 2.39. The summed E-state index contributed by atoms with van der Waals surface area (Å²) in [5.41, 5.74) is 6.39. The molecule has 0 spiro atoms. The molecule has 2 aromatic rings. The fourth-order valence-corrected chi connectivity index (χ4v) is 1.71. The zero-order chi connectivity index (χ0) is 14.9. The Morgan fingerprint density at radius 3 is 2.45 bits per heavy atom. The van der Waals surface area contributed by atoms with Gasteiger partial charge in [0.2, 0.25) is 0 Å². The normalized spacial score (nSPS) is 10.4. The molecule has 0 aliphatic rings. The average molecular weight is 280 g/mol. The van der Waals surface area contributed by atoms with Crippen molar-refractivity contribution in [1.82, 2.24) is 0 Å². The molecule has 104 valence electrons. The van der Waals surface area contributed by atoms with Crippen LogP contribution >= 0.6 is 0 Å². The van der Waals surface area contributed by atoms with Crippen LogP contribution in [-0.4, -0.2) is 5.91 Å². The Kier molecular flexibility index (Phi) is 3.65. The summed E-state index contributed by atoms with van der Waals surface area (Å²) in [6.07, 6.45) is 0. The predicted molar refractivity (Wildman–Crippen MR) is 69.9 cm³/mol. The second-order valence-corrected chi connectivity index (χ2v) is 4.22. The van der Waals surface area contributed by atoms with Crippen LogP contribution in [0.5, 0.6) is 0 Å². The fourth-order valence-electron chi connectivity index (χ4n) is 1.71. The van der Waals surface area contributed by atoms with Crippen LogP contribution in [0, 0.1) is 24.4 Å². The first-order valence-corrected chi connectivity index (χ1v) is 5.71. The van der Waals surface area contributed by atoms with Crippen molar-refractivity contribution < 1.29 is 18.0 Å². The van der Waals surface area contributed by atoms with Crippen molar-refractivity contribution in [3.63, 3.8) is 0 Å². The Labute approximate surface area is 113 Å². The minimum Gasteiger partial charge on any atom is -0.398 e. The van der Waals surface area contributed by atoms with Crippen LogP contribution in [0.3, 0.4) is 0 Å². The van der Waals surface area contributed by atoms with Gasteiger partial charge in [-0.2, -0.15) is 0 Å². The molecule has 2 rings (SSSR count). The Morgan fingerprint density at radius 1 is 1.10 bits per heavy atom. The summed E-state index contributed by atoms with van der Waals surface area (Å²) in [7, 11) is 0. The maximum Gasteiger partial charge on any atom is 0.256 e. The Balaban J connectivity index is 2.33. The van der Waals surface area contributed by atoms with Gasteiger partial charge in [-0.3, -0.25) is 4.79 Å². The van der Waals surface area contributed by atoms with E-state index in [9.17, 15) is 18.0 Å². The van der Waals surface area contributed by atoms with Crippen LogP contribution < -0.4 is 11.1 Å². The summed E-state index contributed by atoms with van der Waals surface area (Å²) < 4.78 is 39.3. The van der Waals surface area contributed by atoms with Crippen molar-refractivity contribution in [2.75, 3.05) is 11.1 Å². The van der Waals surface area contributed by atoms with Gasteiger partial charge in [-0.25, -0.2) is 13.2 Å². The number of hydrogen-bond donors (Lipinski definition) is 2. The summed E-state index contributed by atoms with van der Waals surface area (Å²) >= 11 is 0. The third-order valence-corrected chi connectivity index (χ3v) is 2.88. The highest BCUT2D eigenvalue weighted by Gasteiger charge is 2.15. The molecule has 0 saturated carbocycles. The van der Waals surface area contributed by atoms with E-state index >= 15 is 0 Å². The van der Waals surface area contributed by atoms with E-state index in [0.717, 1.165) is 0 Å². The molecule has 0 heterocycles. The van der Waals surface area contributed by atoms with Crippen LogP contribution in [0.1, 0.15) is 15.9 Å². The lowest BCUT2D eigenvalue weighted by molar-refractivity contribution is 0.102. The lowest BCUT2D eigenvalue weighted by Crippen LogP contribution is -2.15. The Bertz CT molecular complexity index is 686. The number of amides is 1. The molecule has 0 unspecified atom stereocenters. The van der Waals surface area contributed by atoms with Crippen molar-refractivity contribution in [3.8, 4) is 0 Å². The van der Waals surface area contributed by atoms with Gasteiger partial charge >= 0.3 is 0 Å². The van der Waals surface area contributed by atoms with E-state index in [4.69, 9.17) is 5.73 Å². The van der Waals surface area contributed by atoms with E-state index in [0.29, 0.717) is 23.4 Å². The predicted octanol–water partition coefficient (Wildman–Crippen LogP) is 3.25. The number of hydrogen-bond acceptors (Lipinski definition) is 2. The molecule has 20 heavy (non-hydrogen) atoms. The number of benzene rings is 2. The largest absolute Gasteiger partial charge is 0.398 e. The number of carbonyl (C=O) groups is 1. The number of nitrogen functional groups attached to an aromatic ring is 1. The van der Waals surface area contributed by atoms with Gasteiger partial charge in [0.15, 0.2) is 11.6 Å². The quantitative estimate of drug-likeness (QED) is 0.655. The molecular weight excluding hydrogens is 269 g/mol. The Hall–Kier alpha value is -2.50. The van der Waals surface area contributed by atoms with Gasteiger partial charge in [-0.15, -0.1) is 0 Å². The third kappa shape index (κ3) is 2.59. The number of nitrogens with two attached hydrogens (primary N) is 1. The third-order valence-electron chi connectivity index (χ3n) is 2.88. The molecule has 0 aromatic heterocycles. The van der Waals surface area contributed by atoms with E-state index in [1.165, 1.54) is 6.07 Å². The molecule has 0 fully saturated rings. The van der Waals surface area contributed by atoms with Crippen molar-refractivity contribution in [1.29, 1.82) is 0 Å². The van der Waals surface area contributed by atoms with E-state index in [-0.39, 0.29) is 5.56 Å². The summed E-state index contributed by atoms with van der Waals surface area (Å²) in [6.45, 7) is 1.63. The van der Waals surface area contributed by atoms with Crippen LogP contribution in [-0.2, 0) is 0 Å². The SMILES string of the molecule is Cc1c(N)cccc1C(=O)Nc1cc(F)c(F)cc1F. The first-order valence-electron chi connectivity index (χ1n) is 5.71. The second-order valence-electron chi connectivity index (χ2n) is 4.22. The zero-order valence-electron chi connectivity index (χ0n) is 10.5. The zero-order valence-corrected chi connectivity index (χ0v) is 10.5. The monoisotopic (exact) mass is 280 g/mol. The smallest absolute Gasteiger partial charge is 0.256 e. The number of carbonyl (C=O) groups excluding carboxylic acids is 1. The molecule has 0 aliphatic heterocycles. The molecule has 0 saturated heterocycles. The second kappa shape index (κ2) is 5.24. The molecule has 0 bridgehead atoms. The van der Waals surface area contributed by atoms with E-state index in [1.807, 2.05) is 0 Å². The molecule has 0 atom stereocenters. The molecule has 0 aliphatic carbocycles. The lowest BCUT2D eigenvalue weighted by atomic mass is 10.1. The van der Waals surface area contributed by atoms with E-state index in [2.05, 4.69) is 5.32 Å². The van der Waals surface area contributed by atoms with Gasteiger partial charge in [-0.1, -0.05) is 6.07 Å². The highest BCUT2D eigenvalue weighted by molar-refractivity contribution is 6.06. The topological polar surface area (TPSA) is 55.1 Å². The molecule has 2 aromatic carbocycles. The highest BCUT2D eigenvalue weighted by Crippen LogP contribution is 2.21. The number of anilines is 2. The van der Waals surface area contributed by atoms with Crippen molar-refractivity contribution in [2.45, 2.75) is 6.92 Å². The van der Waals surface area contributed by atoms with Crippen LogP contribution in [0.15, 0.2) is 30.3 Å². The van der Waals surface area contributed by atoms with Gasteiger partial charge in [0.25, 0.3) is 5.91 Å². The van der Waals surface area contributed by atoms with E-state index < -0.39 is 29.0 Å². The van der Waals surface area contributed by atoms with Crippen molar-refractivity contribution in [2.24, 2.45) is 0 Å². The van der Waals surface area contributed by atoms with Crippen LogP contribution in [0.4, 0.5) is 24.5 Å². The molecule has 6 heteroatoms. The Morgan fingerprint density at radius 2 is 1.75 bits per heavy atom. The van der Waals surface area contributed by atoms with Gasteiger partial charge < -0.3 is 11.1 Å². The number of rotatable bonds is 2. The first kappa shape index (κ1) is 13.9. The summed E-state index contributed by atoms with van der Waals surface area (Å²) in [6, 6.07) is 5.64. The fraction of sp³-hybridized carbons (Fsp3) is 0.0714. The first-order chi connectivity index (χ1) is 9.40. The van der Waals surface area contributed by atoms with Crippen LogP contribution in [0.25, 0.3) is 0 Å². The minimum absolute atomic E-state index is 0.231. The van der Waals surface area contributed by atoms with Gasteiger partial charge in [0.1, 0.15) is 5.82 Å². The molecular formula is C14H11F3N2O. The summed E-state index contributed by atoms with van der Waals surface area (Å²) in [5, 5.41) is 2.19. The number of nitrogens with one attached hydrogen (secondary N) is 1. The highest BCUT2D eigenvalue weighted by atomic mass is 19.2. The maximum atomic E-state index is 13.4. The minimum atomic E-state index is -1.32. The van der Waals surface area contributed by atoms with Crippen molar-refractivity contribution >= 4 is 17.3 Å². The standard InChI is InChI=1S/C14H11F3N2O/c1-7-8(3-2-4-12(7)18)14(20)19-13-6-10(16)9(15)5-11(13)17/h2-6H,18H2,1H3,(H,19,20). The summed E-state index contributed by atoms with van der Waals surface area (Å²) in [4.78, 5) is 12.0. The van der Waals surface area contributed by atoms with E-state index in [1.54, 1.807) is 19.1 Å².